The van der Waals surface area contributed by atoms with E-state index in [1.807, 2.05) is 0 Å². The van der Waals surface area contributed by atoms with Gasteiger partial charge in [-0.05, 0) is 6.07 Å². The number of hydrogen-bond acceptors (Lipinski definition) is 4. The maximum absolute atomic E-state index is 13.5. The molecule has 0 N–H and O–H groups in total. The first kappa shape index (κ1) is 11.3. The van der Waals surface area contributed by atoms with Crippen LogP contribution in [0.2, 0.25) is 0 Å². The van der Waals surface area contributed by atoms with Gasteiger partial charge < -0.3 is 9.47 Å². The lowest BCUT2D eigenvalue weighted by Gasteiger charge is -2.03. The Bertz CT molecular complexity index is 538. The molecule has 1 aliphatic rings. The Balaban J connectivity index is 1.75. The smallest absolute Gasteiger partial charge is 0.204 e. The Kier molecular flexibility index (Phi) is 3.04. The van der Waals surface area contributed by atoms with Crippen molar-refractivity contribution < 1.29 is 13.9 Å². The topological polar surface area (TPSA) is 49.2 Å². The highest BCUT2D eigenvalue weighted by Gasteiger charge is 2.21. The average Bonchev–Trinajstić information content (AvgIpc) is 3.02. The predicted octanol–water partition coefficient (Wildman–Crippen LogP) is 1.51. The van der Waals surface area contributed by atoms with Crippen molar-refractivity contribution in [2.24, 2.45) is 0 Å². The number of ether oxygens (including phenoxy) is 2. The van der Waals surface area contributed by atoms with Gasteiger partial charge in [-0.2, -0.15) is 0 Å². The second-order valence-corrected chi connectivity index (χ2v) is 4.01. The van der Waals surface area contributed by atoms with Crippen LogP contribution >= 0.6 is 0 Å². The third-order valence-corrected chi connectivity index (χ3v) is 2.71. The van der Waals surface area contributed by atoms with Crippen LogP contribution in [0.5, 0.6) is 0 Å². The van der Waals surface area contributed by atoms with Crippen LogP contribution in [0, 0.1) is 5.82 Å². The molecular formula is C12H12FN3O2. The number of rotatable bonds is 3. The lowest BCUT2D eigenvalue weighted by Crippen LogP contribution is -2.02. The molecule has 1 aromatic carbocycles. The largest absolute Gasteiger partial charge is 0.345 e. The maximum Gasteiger partial charge on any atom is 0.204 e. The summed E-state index contributed by atoms with van der Waals surface area (Å²) in [6, 6.07) is 6.60. The SMILES string of the molecule is Fc1ccccc1Cn1cc(C2OCCO2)nn1. The summed E-state index contributed by atoms with van der Waals surface area (Å²) in [7, 11) is 0. The van der Waals surface area contributed by atoms with Crippen LogP contribution in [0.3, 0.4) is 0 Å². The van der Waals surface area contributed by atoms with Gasteiger partial charge in [0.05, 0.1) is 26.0 Å². The highest BCUT2D eigenvalue weighted by Crippen LogP contribution is 2.20. The number of hydrogen-bond donors (Lipinski definition) is 0. The van der Waals surface area contributed by atoms with Crippen molar-refractivity contribution in [2.45, 2.75) is 12.8 Å². The first-order chi connectivity index (χ1) is 8.83. The Morgan fingerprint density at radius 2 is 2.06 bits per heavy atom. The van der Waals surface area contributed by atoms with Crippen molar-refractivity contribution >= 4 is 0 Å². The van der Waals surface area contributed by atoms with Crippen LogP contribution in [0.1, 0.15) is 17.5 Å². The van der Waals surface area contributed by atoms with E-state index in [0.717, 1.165) is 0 Å². The summed E-state index contributed by atoms with van der Waals surface area (Å²) < 4.78 is 25.7. The molecule has 2 heterocycles. The van der Waals surface area contributed by atoms with Gasteiger partial charge in [-0.1, -0.05) is 23.4 Å². The monoisotopic (exact) mass is 249 g/mol. The summed E-state index contributed by atoms with van der Waals surface area (Å²) >= 11 is 0. The van der Waals surface area contributed by atoms with Gasteiger partial charge in [0.1, 0.15) is 11.5 Å². The predicted molar refractivity (Wildman–Crippen MR) is 60.2 cm³/mol. The third kappa shape index (κ3) is 2.25. The minimum atomic E-state index is -0.445. The van der Waals surface area contributed by atoms with Crippen molar-refractivity contribution in [1.29, 1.82) is 0 Å². The first-order valence-corrected chi connectivity index (χ1v) is 5.69. The zero-order valence-corrected chi connectivity index (χ0v) is 9.62. The molecular weight excluding hydrogens is 237 g/mol. The zero-order chi connectivity index (χ0) is 12.4. The standard InChI is InChI=1S/C12H12FN3O2/c13-10-4-2-1-3-9(10)7-16-8-11(14-15-16)12-17-5-6-18-12/h1-4,8,12H,5-7H2. The van der Waals surface area contributed by atoms with E-state index in [1.54, 1.807) is 29.1 Å². The zero-order valence-electron chi connectivity index (χ0n) is 9.62. The maximum atomic E-state index is 13.5. The molecule has 0 spiro atoms. The van der Waals surface area contributed by atoms with Gasteiger partial charge in [0, 0.05) is 5.56 Å². The van der Waals surface area contributed by atoms with Gasteiger partial charge in [-0.25, -0.2) is 9.07 Å². The van der Waals surface area contributed by atoms with Gasteiger partial charge in [0.25, 0.3) is 0 Å². The molecule has 0 unspecified atom stereocenters. The summed E-state index contributed by atoms with van der Waals surface area (Å²) in [5.74, 6) is -0.247. The molecule has 94 valence electrons. The molecule has 0 radical (unpaired) electrons. The van der Waals surface area contributed by atoms with E-state index in [0.29, 0.717) is 31.0 Å². The van der Waals surface area contributed by atoms with E-state index in [9.17, 15) is 4.39 Å². The van der Waals surface area contributed by atoms with Gasteiger partial charge in [-0.3, -0.25) is 0 Å². The van der Waals surface area contributed by atoms with Crippen LogP contribution in [-0.4, -0.2) is 28.2 Å². The average molecular weight is 249 g/mol. The van der Waals surface area contributed by atoms with Crippen molar-refractivity contribution in [1.82, 2.24) is 15.0 Å². The number of halogens is 1. The molecule has 0 atom stereocenters. The van der Waals surface area contributed by atoms with E-state index in [4.69, 9.17) is 9.47 Å². The van der Waals surface area contributed by atoms with Crippen LogP contribution < -0.4 is 0 Å². The normalized spacial score (nSPS) is 16.3. The molecule has 5 nitrogen and oxygen atoms in total. The van der Waals surface area contributed by atoms with E-state index >= 15 is 0 Å². The fraction of sp³-hybridized carbons (Fsp3) is 0.333. The van der Waals surface area contributed by atoms with Crippen molar-refractivity contribution in [3.63, 3.8) is 0 Å². The molecule has 0 bridgehead atoms. The van der Waals surface area contributed by atoms with Crippen LogP contribution in [0.15, 0.2) is 30.5 Å². The first-order valence-electron chi connectivity index (χ1n) is 5.69. The summed E-state index contributed by atoms with van der Waals surface area (Å²) in [6.45, 7) is 1.46. The Hall–Kier alpha value is -1.79. The number of nitrogens with zero attached hydrogens (tertiary/aromatic N) is 3. The van der Waals surface area contributed by atoms with E-state index < -0.39 is 6.29 Å². The quantitative estimate of drug-likeness (QED) is 0.827. The number of benzene rings is 1. The molecule has 1 aliphatic heterocycles. The minimum absolute atomic E-state index is 0.247. The van der Waals surface area contributed by atoms with E-state index in [2.05, 4.69) is 10.3 Å². The highest BCUT2D eigenvalue weighted by atomic mass is 19.1. The van der Waals surface area contributed by atoms with Gasteiger partial charge in [-0.15, -0.1) is 5.10 Å². The highest BCUT2D eigenvalue weighted by molar-refractivity contribution is 5.17. The minimum Gasteiger partial charge on any atom is -0.345 e. The molecule has 6 heteroatoms. The van der Waals surface area contributed by atoms with Crippen molar-refractivity contribution in [3.05, 3.63) is 47.5 Å². The van der Waals surface area contributed by atoms with Gasteiger partial charge >= 0.3 is 0 Å². The molecule has 2 aromatic rings. The lowest BCUT2D eigenvalue weighted by molar-refractivity contribution is -0.0473. The molecule has 1 fully saturated rings. The summed E-state index contributed by atoms with van der Waals surface area (Å²) in [4.78, 5) is 0. The molecule has 1 saturated heterocycles. The second-order valence-electron chi connectivity index (χ2n) is 4.01. The molecule has 0 saturated carbocycles. The van der Waals surface area contributed by atoms with Crippen LogP contribution in [0.25, 0.3) is 0 Å². The van der Waals surface area contributed by atoms with Gasteiger partial charge in [0.2, 0.25) is 6.29 Å². The van der Waals surface area contributed by atoms with E-state index in [1.165, 1.54) is 6.07 Å². The molecule has 0 amide bonds. The summed E-state index contributed by atoms with van der Waals surface area (Å²) in [5, 5.41) is 7.90. The molecule has 0 aliphatic carbocycles. The van der Waals surface area contributed by atoms with Crippen LogP contribution in [-0.2, 0) is 16.0 Å². The Morgan fingerprint density at radius 1 is 1.28 bits per heavy atom. The number of aromatic nitrogens is 3. The van der Waals surface area contributed by atoms with E-state index in [-0.39, 0.29) is 5.82 Å². The Labute approximate surface area is 103 Å². The third-order valence-electron chi connectivity index (χ3n) is 2.71. The fourth-order valence-corrected chi connectivity index (χ4v) is 1.83. The Morgan fingerprint density at radius 3 is 2.83 bits per heavy atom. The van der Waals surface area contributed by atoms with Crippen molar-refractivity contribution in [2.75, 3.05) is 13.2 Å². The fourth-order valence-electron chi connectivity index (χ4n) is 1.83. The second kappa shape index (κ2) is 4.83. The molecule has 1 aromatic heterocycles. The lowest BCUT2D eigenvalue weighted by atomic mass is 10.2. The van der Waals surface area contributed by atoms with Crippen molar-refractivity contribution in [3.8, 4) is 0 Å². The summed E-state index contributed by atoms with van der Waals surface area (Å²) in [6.07, 6.45) is 1.27. The summed E-state index contributed by atoms with van der Waals surface area (Å²) in [5.41, 5.74) is 1.19. The van der Waals surface area contributed by atoms with Gasteiger partial charge in [0.15, 0.2) is 0 Å². The van der Waals surface area contributed by atoms with Crippen LogP contribution in [0.4, 0.5) is 4.39 Å². The molecule has 18 heavy (non-hydrogen) atoms. The molecule has 3 rings (SSSR count).